The molecule has 1 N–H and O–H groups in total. The zero-order chi connectivity index (χ0) is 58.6. The molecule has 0 spiro atoms. The Kier molecular flexibility index (Phi) is 57.7. The van der Waals surface area contributed by atoms with Crippen molar-refractivity contribution in [3.05, 3.63) is 72.9 Å². The van der Waals surface area contributed by atoms with Crippen LogP contribution in [0.5, 0.6) is 0 Å². The van der Waals surface area contributed by atoms with Gasteiger partial charge in [-0.2, -0.15) is 0 Å². The fourth-order valence-electron chi connectivity index (χ4n) is 9.62. The monoisotopic (exact) mass is 1140 g/mol. The summed E-state index contributed by atoms with van der Waals surface area (Å²) in [6.45, 7) is 6.81. The second-order valence-electron chi connectivity index (χ2n) is 24.0. The van der Waals surface area contributed by atoms with Gasteiger partial charge in [-0.1, -0.05) is 267 Å². The predicted molar refractivity (Wildman–Crippen MR) is 344 cm³/mol. The number of phosphoric ester groups is 1. The van der Waals surface area contributed by atoms with E-state index in [4.69, 9.17) is 13.8 Å². The van der Waals surface area contributed by atoms with Crippen molar-refractivity contribution in [2.75, 3.05) is 40.9 Å². The van der Waals surface area contributed by atoms with Crippen LogP contribution in [0.4, 0.5) is 0 Å². The van der Waals surface area contributed by atoms with Gasteiger partial charge in [0.05, 0.1) is 33.8 Å². The SMILES string of the molecule is CCCCC/C=C\C/C=C\C/C=C\CCCCCCCCCCCCCCC(=O)NC(COP(=O)([O-])OCC[N+](C)(C)C)C(/C=C\CCCCCCCCCCCC)OC(=O)CCCCCCCCC/C=C\C/C=C\CCCCC. The average molecular weight is 1140 g/mol. The van der Waals surface area contributed by atoms with Gasteiger partial charge in [0.2, 0.25) is 5.91 Å². The normalized spacial score (nSPS) is 14.0. The number of hydrogen-bond donors (Lipinski definition) is 1. The second kappa shape index (κ2) is 59.6. The summed E-state index contributed by atoms with van der Waals surface area (Å²) in [4.78, 5) is 40.1. The van der Waals surface area contributed by atoms with Crippen LogP contribution < -0.4 is 10.2 Å². The lowest BCUT2D eigenvalue weighted by molar-refractivity contribution is -0.870. The molecule has 80 heavy (non-hydrogen) atoms. The zero-order valence-electron chi connectivity index (χ0n) is 53.3. The van der Waals surface area contributed by atoms with Gasteiger partial charge in [-0.15, -0.1) is 0 Å². The van der Waals surface area contributed by atoms with Crippen LogP contribution in [0.1, 0.15) is 310 Å². The van der Waals surface area contributed by atoms with Crippen molar-refractivity contribution in [3.8, 4) is 0 Å². The van der Waals surface area contributed by atoms with Crippen molar-refractivity contribution in [1.82, 2.24) is 5.32 Å². The van der Waals surface area contributed by atoms with Gasteiger partial charge in [0.1, 0.15) is 19.3 Å². The third-order valence-electron chi connectivity index (χ3n) is 14.9. The Bertz CT molecular complexity index is 1600. The van der Waals surface area contributed by atoms with Gasteiger partial charge in [0, 0.05) is 12.8 Å². The van der Waals surface area contributed by atoms with Crippen LogP contribution >= 0.6 is 7.82 Å². The maximum Gasteiger partial charge on any atom is 0.306 e. The Morgan fingerprint density at radius 1 is 0.438 bits per heavy atom. The number of allylic oxidation sites excluding steroid dienone is 11. The first-order chi connectivity index (χ1) is 38.9. The number of phosphoric acid groups is 1. The molecule has 0 aromatic carbocycles. The minimum absolute atomic E-state index is 0.0254. The van der Waals surface area contributed by atoms with Gasteiger partial charge in [0.15, 0.2) is 0 Å². The number of nitrogens with one attached hydrogen (secondary N) is 1. The van der Waals surface area contributed by atoms with E-state index in [0.29, 0.717) is 17.4 Å². The molecule has 0 aliphatic carbocycles. The van der Waals surface area contributed by atoms with Crippen LogP contribution in [0.2, 0.25) is 0 Å². The third-order valence-corrected chi connectivity index (χ3v) is 15.8. The summed E-state index contributed by atoms with van der Waals surface area (Å²) < 4.78 is 30.4. The molecule has 0 saturated carbocycles. The third kappa shape index (κ3) is 60.1. The number of nitrogens with zero attached hydrogens (tertiary/aromatic N) is 1. The van der Waals surface area contributed by atoms with Gasteiger partial charge in [-0.3, -0.25) is 14.2 Å². The highest BCUT2D eigenvalue weighted by Crippen LogP contribution is 2.38. The minimum Gasteiger partial charge on any atom is -0.756 e. The number of quaternary nitrogens is 1. The zero-order valence-corrected chi connectivity index (χ0v) is 54.2. The number of carbonyl (C=O) groups is 2. The Hall–Kier alpha value is -2.55. The summed E-state index contributed by atoms with van der Waals surface area (Å²) in [5.41, 5.74) is 0. The molecule has 1 amide bonds. The molecule has 0 aliphatic heterocycles. The minimum atomic E-state index is -4.71. The van der Waals surface area contributed by atoms with E-state index in [0.717, 1.165) is 89.9 Å². The van der Waals surface area contributed by atoms with Crippen LogP contribution in [0, 0.1) is 0 Å². The lowest BCUT2D eigenvalue weighted by Crippen LogP contribution is -2.47. The smallest absolute Gasteiger partial charge is 0.306 e. The molecule has 3 unspecified atom stereocenters. The topological polar surface area (TPSA) is 114 Å². The molecule has 0 aromatic heterocycles. The number of esters is 1. The maximum absolute atomic E-state index is 13.6. The fourth-order valence-corrected chi connectivity index (χ4v) is 10.3. The lowest BCUT2D eigenvalue weighted by Gasteiger charge is -2.30. The van der Waals surface area contributed by atoms with Crippen molar-refractivity contribution in [3.63, 3.8) is 0 Å². The van der Waals surface area contributed by atoms with E-state index in [1.54, 1.807) is 0 Å². The van der Waals surface area contributed by atoms with E-state index < -0.39 is 26.6 Å². The van der Waals surface area contributed by atoms with Crippen LogP contribution in [0.15, 0.2) is 72.9 Å². The average Bonchev–Trinajstić information content (AvgIpc) is 3.42. The Labute approximate surface area is 495 Å². The molecule has 3 atom stereocenters. The number of rotatable bonds is 61. The fraction of sp³-hybridized carbons (Fsp3) is 0.800. The molecule has 466 valence electrons. The molecule has 0 bridgehead atoms. The second-order valence-corrected chi connectivity index (χ2v) is 25.4. The van der Waals surface area contributed by atoms with Crippen molar-refractivity contribution in [2.45, 2.75) is 322 Å². The number of carbonyl (C=O) groups excluding carboxylic acids is 2. The largest absolute Gasteiger partial charge is 0.756 e. The van der Waals surface area contributed by atoms with Gasteiger partial charge in [-0.05, 0) is 102 Å². The van der Waals surface area contributed by atoms with Crippen molar-refractivity contribution < 1.29 is 37.3 Å². The molecule has 0 heterocycles. The van der Waals surface area contributed by atoms with Crippen molar-refractivity contribution >= 4 is 19.7 Å². The van der Waals surface area contributed by atoms with Crippen LogP contribution in [-0.4, -0.2) is 69.4 Å². The predicted octanol–water partition coefficient (Wildman–Crippen LogP) is 20.5. The number of amides is 1. The molecule has 0 saturated heterocycles. The molecule has 10 heteroatoms. The summed E-state index contributed by atoms with van der Waals surface area (Å²) in [6.07, 6.45) is 77.2. The van der Waals surface area contributed by atoms with Gasteiger partial charge in [0.25, 0.3) is 7.82 Å². The number of likely N-dealkylation sites (N-methyl/N-ethyl adjacent to an activating group) is 1. The van der Waals surface area contributed by atoms with Crippen LogP contribution in [0.3, 0.4) is 0 Å². The molecule has 0 aliphatic rings. The quantitative estimate of drug-likeness (QED) is 0.0212. The Morgan fingerprint density at radius 3 is 1.16 bits per heavy atom. The highest BCUT2D eigenvalue weighted by atomic mass is 31.2. The van der Waals surface area contributed by atoms with Gasteiger partial charge < -0.3 is 28.5 Å². The maximum atomic E-state index is 13.6. The first-order valence-electron chi connectivity index (χ1n) is 33.7. The summed E-state index contributed by atoms with van der Waals surface area (Å²) >= 11 is 0. The van der Waals surface area contributed by atoms with Crippen molar-refractivity contribution in [2.24, 2.45) is 0 Å². The molecular formula is C70H129N2O7P. The van der Waals surface area contributed by atoms with E-state index in [2.05, 4.69) is 86.8 Å². The lowest BCUT2D eigenvalue weighted by atomic mass is 10.0. The van der Waals surface area contributed by atoms with E-state index in [9.17, 15) is 19.0 Å². The molecule has 0 fully saturated rings. The highest BCUT2D eigenvalue weighted by Gasteiger charge is 2.27. The standard InChI is InChI=1S/C70H129N2O7P/c1-7-10-13-16-19-22-25-28-30-32-33-34-35-36-37-38-39-41-42-44-47-50-53-56-59-62-69(73)71-67(66-78-80(75,76)77-65-64-72(4,5)6)68(61-58-55-52-49-46-27-24-21-18-15-12-9-3)79-70(74)63-60-57-54-51-48-45-43-40-31-29-26-23-20-17-14-11-8-2/h19-20,22-23,28-31,33-34,58,61,67-68H,7-18,21,24-27,32,35-57,59-60,62-66H2,1-6H3,(H-,71,73,75,76)/b22-19-,23-20-,30-28-,31-29-,34-33-,61-58-. The molecule has 9 nitrogen and oxygen atoms in total. The summed E-state index contributed by atoms with van der Waals surface area (Å²) in [6, 6.07) is -0.895. The number of unbranched alkanes of at least 4 members (excludes halogenated alkanes) is 35. The van der Waals surface area contributed by atoms with Gasteiger partial charge >= 0.3 is 5.97 Å². The Balaban J connectivity index is 5.11. The molecule has 0 rings (SSSR count). The van der Waals surface area contributed by atoms with Crippen LogP contribution in [0.25, 0.3) is 0 Å². The first-order valence-corrected chi connectivity index (χ1v) is 35.2. The van der Waals surface area contributed by atoms with Gasteiger partial charge in [-0.25, -0.2) is 0 Å². The molecule has 0 radical (unpaired) electrons. The summed E-state index contributed by atoms with van der Waals surface area (Å²) in [5, 5.41) is 3.04. The summed E-state index contributed by atoms with van der Waals surface area (Å²) in [7, 11) is 1.18. The molecular weight excluding hydrogens is 1010 g/mol. The van der Waals surface area contributed by atoms with E-state index >= 15 is 0 Å². The van der Waals surface area contributed by atoms with E-state index in [-0.39, 0.29) is 24.9 Å². The van der Waals surface area contributed by atoms with Crippen LogP contribution in [-0.2, 0) is 27.9 Å². The summed E-state index contributed by atoms with van der Waals surface area (Å²) in [5.74, 6) is -0.546. The number of ether oxygens (including phenoxy) is 1. The Morgan fingerprint density at radius 2 is 0.762 bits per heavy atom. The van der Waals surface area contributed by atoms with Crippen molar-refractivity contribution in [1.29, 1.82) is 0 Å². The first kappa shape index (κ1) is 77.5. The highest BCUT2D eigenvalue weighted by molar-refractivity contribution is 7.45. The van der Waals surface area contributed by atoms with E-state index in [1.165, 1.54) is 186 Å². The number of hydrogen-bond acceptors (Lipinski definition) is 7. The van der Waals surface area contributed by atoms with E-state index in [1.807, 2.05) is 33.3 Å². The molecule has 0 aromatic rings.